The summed E-state index contributed by atoms with van der Waals surface area (Å²) in [4.78, 5) is 89.3. The van der Waals surface area contributed by atoms with Gasteiger partial charge in [-0.3, -0.25) is 53.7 Å². The standard InChI is InChI=1S/2C15H21N3O4.C15H19N3O3/c1-10(19)8-18-14(21)13(17-15(18,22)9-16-2)7-11-3-5-12(20)6-4-11;1-10(19)8-17-15(22)13(18-14(21)9-16-2)7-11-3-5-12(20)6-4-11;1-10(19)9-18-14(8-16-2)17-13(15(18)21)7-11-3-5-12(20)6-4-11/h3-6,13,16-17,20,22H,7-9H2,1-2H3;3-6,13,16,20H,7-9H2,1-2H3,(H,17,22)(H,18,21);3-6,13,16,20H,7-9H2,1-2H3. The van der Waals surface area contributed by atoms with Gasteiger partial charge in [0, 0.05) is 12.8 Å². The van der Waals surface area contributed by atoms with Crippen LogP contribution >= 0.6 is 0 Å². The van der Waals surface area contributed by atoms with Crippen molar-refractivity contribution in [2.45, 2.75) is 64.0 Å². The van der Waals surface area contributed by atoms with Gasteiger partial charge in [0.05, 0.1) is 45.3 Å². The fourth-order valence-corrected chi connectivity index (χ4v) is 6.73. The molecule has 1 fully saturated rings. The fourth-order valence-electron chi connectivity index (χ4n) is 6.73. The molecule has 0 aliphatic carbocycles. The predicted molar refractivity (Wildman–Crippen MR) is 241 cm³/mol. The minimum absolute atomic E-state index is 0.0609. The molecule has 4 atom stereocenters. The van der Waals surface area contributed by atoms with Crippen LogP contribution in [0.5, 0.6) is 17.2 Å². The van der Waals surface area contributed by atoms with Crippen LogP contribution in [-0.2, 0) is 52.8 Å². The second-order valence-corrected chi connectivity index (χ2v) is 15.6. The maximum atomic E-state index is 12.5. The Morgan fingerprint density at radius 3 is 1.69 bits per heavy atom. The van der Waals surface area contributed by atoms with Gasteiger partial charge in [-0.15, -0.1) is 0 Å². The highest BCUT2D eigenvalue weighted by atomic mass is 16.3. The smallest absolute Gasteiger partial charge is 0.253 e. The molecule has 352 valence electrons. The number of nitrogens with zero attached hydrogens (tertiary/aromatic N) is 3. The summed E-state index contributed by atoms with van der Waals surface area (Å²) in [5.74, 6) is -2.17. The van der Waals surface area contributed by atoms with E-state index in [0.717, 1.165) is 21.6 Å². The highest BCUT2D eigenvalue weighted by molar-refractivity contribution is 6.08. The van der Waals surface area contributed by atoms with Gasteiger partial charge < -0.3 is 47.0 Å². The van der Waals surface area contributed by atoms with E-state index in [1.165, 1.54) is 37.8 Å². The van der Waals surface area contributed by atoms with Crippen molar-refractivity contribution in [2.24, 2.45) is 4.99 Å². The number of ketones is 3. The number of carbonyl (C=O) groups excluding carboxylic acids is 7. The number of amides is 4. The molecular formula is C45H61N9O11. The van der Waals surface area contributed by atoms with E-state index < -0.39 is 29.9 Å². The minimum Gasteiger partial charge on any atom is -0.508 e. The molecule has 2 aliphatic heterocycles. The second kappa shape index (κ2) is 25.6. The third kappa shape index (κ3) is 17.1. The molecular weight excluding hydrogens is 843 g/mol. The van der Waals surface area contributed by atoms with Gasteiger partial charge in [0.1, 0.15) is 52.5 Å². The van der Waals surface area contributed by atoms with Crippen molar-refractivity contribution >= 4 is 46.8 Å². The lowest BCUT2D eigenvalue weighted by Crippen LogP contribution is -2.59. The van der Waals surface area contributed by atoms with E-state index in [9.17, 15) is 54.0 Å². The van der Waals surface area contributed by atoms with E-state index in [-0.39, 0.29) is 91.5 Å². The van der Waals surface area contributed by atoms with Crippen LogP contribution in [0.25, 0.3) is 0 Å². The summed E-state index contributed by atoms with van der Waals surface area (Å²) in [5, 5.41) is 54.9. The molecule has 5 rings (SSSR count). The molecule has 1 saturated heterocycles. The quantitative estimate of drug-likeness (QED) is 0.0643. The first-order chi connectivity index (χ1) is 30.8. The molecule has 0 bridgehead atoms. The normalized spacial score (nSPS) is 18.1. The van der Waals surface area contributed by atoms with Crippen LogP contribution in [-0.4, -0.2) is 161 Å². The van der Waals surface area contributed by atoms with Gasteiger partial charge in [0.25, 0.3) is 5.91 Å². The van der Waals surface area contributed by atoms with Crippen molar-refractivity contribution in [2.75, 3.05) is 60.4 Å². The van der Waals surface area contributed by atoms with E-state index in [1.807, 2.05) is 0 Å². The van der Waals surface area contributed by atoms with Crippen molar-refractivity contribution in [1.82, 2.24) is 41.7 Å². The molecule has 2 heterocycles. The van der Waals surface area contributed by atoms with Gasteiger partial charge in [-0.25, -0.2) is 0 Å². The molecule has 10 N–H and O–H groups in total. The molecule has 0 radical (unpaired) electrons. The molecule has 20 nitrogen and oxygen atoms in total. The summed E-state index contributed by atoms with van der Waals surface area (Å²) >= 11 is 0. The molecule has 4 amide bonds. The molecule has 3 aromatic rings. The molecule has 2 aliphatic rings. The van der Waals surface area contributed by atoms with Gasteiger partial charge in [-0.1, -0.05) is 36.4 Å². The minimum atomic E-state index is -1.58. The average Bonchev–Trinajstić information content (AvgIpc) is 3.65. The third-order valence-corrected chi connectivity index (χ3v) is 9.72. The monoisotopic (exact) mass is 903 g/mol. The lowest BCUT2D eigenvalue weighted by atomic mass is 10.0. The Hall–Kier alpha value is -6.58. The largest absolute Gasteiger partial charge is 0.508 e. The maximum absolute atomic E-state index is 12.5. The lowest BCUT2D eigenvalue weighted by Gasteiger charge is -2.32. The van der Waals surface area contributed by atoms with E-state index in [4.69, 9.17) is 0 Å². The number of aliphatic hydroxyl groups is 1. The summed E-state index contributed by atoms with van der Waals surface area (Å²) < 4.78 is 0. The molecule has 0 aromatic heterocycles. The molecule has 3 aromatic carbocycles. The molecule has 65 heavy (non-hydrogen) atoms. The van der Waals surface area contributed by atoms with Crippen molar-refractivity contribution in [3.63, 3.8) is 0 Å². The molecule has 0 saturated carbocycles. The Morgan fingerprint density at radius 2 is 1.22 bits per heavy atom. The number of aromatic hydroxyl groups is 3. The first-order valence-electron chi connectivity index (χ1n) is 20.8. The number of rotatable bonds is 20. The first-order valence-corrected chi connectivity index (χ1v) is 20.8. The van der Waals surface area contributed by atoms with Gasteiger partial charge in [-0.2, -0.15) is 0 Å². The van der Waals surface area contributed by atoms with Gasteiger partial charge in [-0.05, 0) is 101 Å². The third-order valence-electron chi connectivity index (χ3n) is 9.72. The second-order valence-electron chi connectivity index (χ2n) is 15.6. The van der Waals surface area contributed by atoms with Crippen LogP contribution < -0.4 is 31.9 Å². The topological polar surface area (TPSA) is 291 Å². The van der Waals surface area contributed by atoms with E-state index in [0.29, 0.717) is 25.2 Å². The lowest BCUT2D eigenvalue weighted by molar-refractivity contribution is -0.151. The summed E-state index contributed by atoms with van der Waals surface area (Å²) in [7, 11) is 5.06. The van der Waals surface area contributed by atoms with Crippen molar-refractivity contribution in [3.8, 4) is 17.2 Å². The Bertz CT molecular complexity index is 2130. The molecule has 4 unspecified atom stereocenters. The van der Waals surface area contributed by atoms with Crippen molar-refractivity contribution in [1.29, 1.82) is 0 Å². The van der Waals surface area contributed by atoms with Gasteiger partial charge in [0.2, 0.25) is 23.6 Å². The van der Waals surface area contributed by atoms with Crippen LogP contribution in [0, 0.1) is 0 Å². The number of phenolic OH excluding ortho intramolecular Hbond substituents is 3. The van der Waals surface area contributed by atoms with E-state index in [1.54, 1.807) is 81.8 Å². The SMILES string of the molecule is CNCC(=O)NC(Cc1ccc(O)cc1)C(=O)NCC(C)=O.CNCC1(O)NC(Cc2ccc(O)cc2)C(=O)N1CC(C)=O.CNCC1=NC(Cc2ccc(O)cc2)C(=O)N1CC(C)=O. The number of phenols is 3. The molecule has 20 heteroatoms. The van der Waals surface area contributed by atoms with Gasteiger partial charge >= 0.3 is 0 Å². The van der Waals surface area contributed by atoms with E-state index in [2.05, 4.69) is 36.9 Å². The number of Topliss-reactive ketones (excluding diaryl/α,β-unsaturated/α-hetero) is 3. The maximum Gasteiger partial charge on any atom is 0.253 e. The van der Waals surface area contributed by atoms with Crippen LogP contribution in [0.3, 0.4) is 0 Å². The summed E-state index contributed by atoms with van der Waals surface area (Å²) in [6, 6.07) is 17.7. The van der Waals surface area contributed by atoms with Crippen LogP contribution in [0.2, 0.25) is 0 Å². The van der Waals surface area contributed by atoms with Crippen LogP contribution in [0.1, 0.15) is 37.5 Å². The summed E-state index contributed by atoms with van der Waals surface area (Å²) in [6.45, 7) is 4.69. The Balaban J connectivity index is 0.000000259. The highest BCUT2D eigenvalue weighted by Crippen LogP contribution is 2.23. The number of hydrogen-bond donors (Lipinski definition) is 10. The number of benzene rings is 3. The summed E-state index contributed by atoms with van der Waals surface area (Å²) in [6.07, 6.45) is 1.08. The van der Waals surface area contributed by atoms with Gasteiger partial charge in [0.15, 0.2) is 0 Å². The number of aliphatic imine (C=N–C) groups is 1. The summed E-state index contributed by atoms with van der Waals surface area (Å²) in [5.41, 5.74) is 2.55. The zero-order valence-corrected chi connectivity index (χ0v) is 37.5. The zero-order chi connectivity index (χ0) is 48.3. The fraction of sp³-hybridized carbons (Fsp3) is 0.422. The molecule has 0 spiro atoms. The number of hydrogen-bond acceptors (Lipinski definition) is 16. The van der Waals surface area contributed by atoms with Crippen molar-refractivity contribution in [3.05, 3.63) is 89.5 Å². The van der Waals surface area contributed by atoms with Crippen LogP contribution in [0.15, 0.2) is 77.8 Å². The zero-order valence-electron chi connectivity index (χ0n) is 37.5. The number of carbonyl (C=O) groups is 7. The Kier molecular flexibility index (Phi) is 20.8. The first kappa shape index (κ1) is 52.8. The van der Waals surface area contributed by atoms with Crippen LogP contribution in [0.4, 0.5) is 0 Å². The number of likely N-dealkylation sites (N-methyl/N-ethyl adjacent to an activating group) is 3. The highest BCUT2D eigenvalue weighted by Gasteiger charge is 2.49. The van der Waals surface area contributed by atoms with E-state index >= 15 is 0 Å². The number of nitrogens with one attached hydrogen (secondary N) is 6. The Labute approximate surface area is 377 Å². The predicted octanol–water partition coefficient (Wildman–Crippen LogP) is -1.11. The van der Waals surface area contributed by atoms with Crippen molar-refractivity contribution < 1.29 is 54.0 Å². The number of amidine groups is 1. The average molecular weight is 904 g/mol. The Morgan fingerprint density at radius 1 is 0.692 bits per heavy atom.